The monoisotopic (exact) mass is 265 g/mol. The molecular formula is C14H19NO4. The summed E-state index contributed by atoms with van der Waals surface area (Å²) in [6, 6.07) is 6.49. The van der Waals surface area contributed by atoms with Crippen molar-refractivity contribution >= 4 is 11.7 Å². The van der Waals surface area contributed by atoms with Crippen molar-refractivity contribution < 1.29 is 14.8 Å². The highest BCUT2D eigenvalue weighted by Crippen LogP contribution is 2.31. The van der Waals surface area contributed by atoms with Crippen molar-refractivity contribution in [3.05, 3.63) is 39.9 Å². The molecule has 1 aromatic rings. The first-order valence-electron chi connectivity index (χ1n) is 6.36. The zero-order chi connectivity index (χ0) is 14.5. The largest absolute Gasteiger partial charge is 0.481 e. The Bertz CT molecular complexity index is 472. The molecular weight excluding hydrogens is 246 g/mol. The summed E-state index contributed by atoms with van der Waals surface area (Å²) in [5, 5.41) is 20.2. The predicted octanol–water partition coefficient (Wildman–Crippen LogP) is 3.42. The molecule has 19 heavy (non-hydrogen) atoms. The van der Waals surface area contributed by atoms with Gasteiger partial charge in [0.1, 0.15) is 0 Å². The molecule has 0 radical (unpaired) electrons. The highest BCUT2D eigenvalue weighted by molar-refractivity contribution is 5.74. The average molecular weight is 265 g/mol. The Hall–Kier alpha value is -1.91. The molecule has 0 heterocycles. The van der Waals surface area contributed by atoms with Crippen LogP contribution in [0.1, 0.15) is 38.7 Å². The lowest BCUT2D eigenvalue weighted by molar-refractivity contribution is -0.385. The fourth-order valence-electron chi connectivity index (χ4n) is 2.20. The zero-order valence-corrected chi connectivity index (χ0v) is 11.3. The second-order valence-electron chi connectivity index (χ2n) is 5.00. The molecule has 104 valence electrons. The Labute approximate surface area is 112 Å². The summed E-state index contributed by atoms with van der Waals surface area (Å²) in [5.41, 5.74) is -0.166. The van der Waals surface area contributed by atoms with Crippen molar-refractivity contribution in [3.8, 4) is 0 Å². The Kier molecular flexibility index (Phi) is 5.03. The van der Waals surface area contributed by atoms with E-state index in [1.807, 2.05) is 6.92 Å². The Morgan fingerprint density at radius 2 is 2.00 bits per heavy atom. The van der Waals surface area contributed by atoms with E-state index in [9.17, 15) is 20.0 Å². The molecule has 0 fully saturated rings. The molecule has 0 aliphatic rings. The quantitative estimate of drug-likeness (QED) is 0.605. The number of nitrogens with zero attached hydrogens (tertiary/aromatic N) is 1. The topological polar surface area (TPSA) is 80.4 Å². The summed E-state index contributed by atoms with van der Waals surface area (Å²) in [4.78, 5) is 21.8. The minimum Gasteiger partial charge on any atom is -0.481 e. The summed E-state index contributed by atoms with van der Waals surface area (Å²) in [5.74, 6) is -0.840. The number of carboxylic acid groups (broad SMARTS) is 1. The summed E-state index contributed by atoms with van der Waals surface area (Å²) in [7, 11) is 0. The number of nitro benzene ring substituents is 1. The van der Waals surface area contributed by atoms with E-state index in [-0.39, 0.29) is 5.69 Å². The average Bonchev–Trinajstić information content (AvgIpc) is 2.36. The van der Waals surface area contributed by atoms with Crippen LogP contribution in [-0.2, 0) is 11.2 Å². The summed E-state index contributed by atoms with van der Waals surface area (Å²) < 4.78 is 0. The van der Waals surface area contributed by atoms with Gasteiger partial charge in [0.15, 0.2) is 0 Å². The highest BCUT2D eigenvalue weighted by Gasteiger charge is 2.32. The molecule has 0 saturated carbocycles. The second kappa shape index (κ2) is 6.31. The van der Waals surface area contributed by atoms with E-state index in [2.05, 4.69) is 0 Å². The van der Waals surface area contributed by atoms with Crippen LogP contribution in [-0.4, -0.2) is 16.0 Å². The number of aryl methyl sites for hydroxylation is 1. The van der Waals surface area contributed by atoms with Crippen molar-refractivity contribution in [2.45, 2.75) is 39.5 Å². The highest BCUT2D eigenvalue weighted by atomic mass is 16.6. The molecule has 5 heteroatoms. The van der Waals surface area contributed by atoms with Gasteiger partial charge in [0, 0.05) is 11.6 Å². The maximum atomic E-state index is 11.3. The van der Waals surface area contributed by atoms with Crippen LogP contribution in [0.15, 0.2) is 24.3 Å². The van der Waals surface area contributed by atoms with E-state index in [1.165, 1.54) is 6.07 Å². The first kappa shape index (κ1) is 15.1. The van der Waals surface area contributed by atoms with Crippen molar-refractivity contribution in [2.75, 3.05) is 0 Å². The smallest absolute Gasteiger partial charge is 0.309 e. The van der Waals surface area contributed by atoms with Crippen LogP contribution in [0.25, 0.3) is 0 Å². The third-order valence-electron chi connectivity index (χ3n) is 3.45. The lowest BCUT2D eigenvalue weighted by atomic mass is 9.80. The van der Waals surface area contributed by atoms with E-state index < -0.39 is 16.3 Å². The number of carboxylic acids is 1. The SMILES string of the molecule is CCCC(C)(CCc1ccccc1[N+](=O)[O-])C(=O)O. The Balaban J connectivity index is 2.86. The number of aliphatic carboxylic acids is 1. The van der Waals surface area contributed by atoms with E-state index in [1.54, 1.807) is 25.1 Å². The van der Waals surface area contributed by atoms with Crippen molar-refractivity contribution in [1.82, 2.24) is 0 Å². The van der Waals surface area contributed by atoms with Gasteiger partial charge in [-0.1, -0.05) is 31.5 Å². The molecule has 1 unspecified atom stereocenters. The maximum absolute atomic E-state index is 11.3. The number of hydrogen-bond donors (Lipinski definition) is 1. The Morgan fingerprint density at radius 1 is 1.37 bits per heavy atom. The summed E-state index contributed by atoms with van der Waals surface area (Å²) in [6.07, 6.45) is 2.16. The van der Waals surface area contributed by atoms with E-state index in [0.29, 0.717) is 24.8 Å². The van der Waals surface area contributed by atoms with Crippen molar-refractivity contribution in [2.24, 2.45) is 5.41 Å². The maximum Gasteiger partial charge on any atom is 0.309 e. The minimum absolute atomic E-state index is 0.0618. The molecule has 0 saturated heterocycles. The van der Waals surface area contributed by atoms with Crippen LogP contribution < -0.4 is 0 Å². The number of para-hydroxylation sites is 1. The first-order chi connectivity index (χ1) is 8.90. The van der Waals surface area contributed by atoms with Crippen LogP contribution in [0.3, 0.4) is 0 Å². The Morgan fingerprint density at radius 3 is 2.53 bits per heavy atom. The van der Waals surface area contributed by atoms with Gasteiger partial charge in [0.25, 0.3) is 5.69 Å². The molecule has 0 aromatic heterocycles. The van der Waals surface area contributed by atoms with Crippen molar-refractivity contribution in [3.63, 3.8) is 0 Å². The third kappa shape index (κ3) is 3.77. The number of nitro groups is 1. The van der Waals surface area contributed by atoms with Crippen LogP contribution in [0, 0.1) is 15.5 Å². The van der Waals surface area contributed by atoms with Gasteiger partial charge in [-0.05, 0) is 26.2 Å². The van der Waals surface area contributed by atoms with Gasteiger partial charge in [-0.2, -0.15) is 0 Å². The number of rotatable bonds is 7. The standard InChI is InChI=1S/C14H19NO4/c1-3-9-14(2,13(16)17)10-8-11-6-4-5-7-12(11)15(18)19/h4-7H,3,8-10H2,1-2H3,(H,16,17). The number of benzene rings is 1. The second-order valence-corrected chi connectivity index (χ2v) is 5.00. The van der Waals surface area contributed by atoms with E-state index >= 15 is 0 Å². The molecule has 0 bridgehead atoms. The zero-order valence-electron chi connectivity index (χ0n) is 11.3. The van der Waals surface area contributed by atoms with E-state index in [4.69, 9.17) is 0 Å². The van der Waals surface area contributed by atoms with Gasteiger partial charge in [-0.3, -0.25) is 14.9 Å². The summed E-state index contributed by atoms with van der Waals surface area (Å²) >= 11 is 0. The third-order valence-corrected chi connectivity index (χ3v) is 3.45. The van der Waals surface area contributed by atoms with Gasteiger partial charge in [0.05, 0.1) is 10.3 Å². The van der Waals surface area contributed by atoms with Crippen LogP contribution in [0.4, 0.5) is 5.69 Å². The van der Waals surface area contributed by atoms with Crippen LogP contribution >= 0.6 is 0 Å². The molecule has 0 spiro atoms. The lowest BCUT2D eigenvalue weighted by Gasteiger charge is -2.24. The minimum atomic E-state index is -0.840. The molecule has 1 atom stereocenters. The molecule has 1 rings (SSSR count). The number of hydrogen-bond acceptors (Lipinski definition) is 3. The molecule has 0 amide bonds. The predicted molar refractivity (Wildman–Crippen MR) is 72.1 cm³/mol. The molecule has 5 nitrogen and oxygen atoms in total. The molecule has 0 aliphatic carbocycles. The fraction of sp³-hybridized carbons (Fsp3) is 0.500. The normalized spacial score (nSPS) is 13.8. The van der Waals surface area contributed by atoms with Gasteiger partial charge in [0.2, 0.25) is 0 Å². The van der Waals surface area contributed by atoms with Gasteiger partial charge >= 0.3 is 5.97 Å². The molecule has 1 aromatic carbocycles. The van der Waals surface area contributed by atoms with Gasteiger partial charge in [-0.15, -0.1) is 0 Å². The summed E-state index contributed by atoms with van der Waals surface area (Å²) in [6.45, 7) is 3.64. The van der Waals surface area contributed by atoms with Gasteiger partial charge < -0.3 is 5.11 Å². The molecule has 0 aliphatic heterocycles. The number of carbonyl (C=O) groups is 1. The van der Waals surface area contributed by atoms with Crippen LogP contribution in [0.2, 0.25) is 0 Å². The lowest BCUT2D eigenvalue weighted by Crippen LogP contribution is -2.28. The van der Waals surface area contributed by atoms with Gasteiger partial charge in [-0.25, -0.2) is 0 Å². The van der Waals surface area contributed by atoms with E-state index in [0.717, 1.165) is 6.42 Å². The molecule has 1 N–H and O–H groups in total. The fourth-order valence-corrected chi connectivity index (χ4v) is 2.20. The van der Waals surface area contributed by atoms with Crippen molar-refractivity contribution in [1.29, 1.82) is 0 Å². The first-order valence-corrected chi connectivity index (χ1v) is 6.36. The van der Waals surface area contributed by atoms with Crippen LogP contribution in [0.5, 0.6) is 0 Å².